The van der Waals surface area contributed by atoms with Crippen molar-refractivity contribution in [1.29, 1.82) is 0 Å². The van der Waals surface area contributed by atoms with Crippen molar-refractivity contribution in [3.8, 4) is 5.75 Å². The van der Waals surface area contributed by atoms with Gasteiger partial charge < -0.3 is 15.2 Å². The summed E-state index contributed by atoms with van der Waals surface area (Å²) >= 11 is 0. The fourth-order valence-corrected chi connectivity index (χ4v) is 2.70. The molecule has 0 atom stereocenters. The van der Waals surface area contributed by atoms with E-state index in [1.807, 2.05) is 30.3 Å². The van der Waals surface area contributed by atoms with Gasteiger partial charge in [-0.05, 0) is 56.7 Å². The Bertz CT molecular complexity index is 372. The maximum absolute atomic E-state index is 10.4. The highest BCUT2D eigenvalue weighted by molar-refractivity contribution is 5.20. The van der Waals surface area contributed by atoms with Crippen LogP contribution in [-0.2, 0) is 0 Å². The van der Waals surface area contributed by atoms with Gasteiger partial charge in [0.2, 0.25) is 0 Å². The quantitative estimate of drug-likeness (QED) is 0.753. The second-order valence-corrected chi connectivity index (χ2v) is 6.10. The van der Waals surface area contributed by atoms with Crippen LogP contribution in [0.2, 0.25) is 0 Å². The third kappa shape index (κ3) is 5.14. The molecular weight excluding hydrogens is 250 g/mol. The molecule has 0 amide bonds. The molecule has 20 heavy (non-hydrogen) atoms. The van der Waals surface area contributed by atoms with Crippen molar-refractivity contribution in [2.45, 2.75) is 44.6 Å². The van der Waals surface area contributed by atoms with Gasteiger partial charge in [0.25, 0.3) is 0 Å². The van der Waals surface area contributed by atoms with Gasteiger partial charge in [0.1, 0.15) is 5.75 Å². The number of ether oxygens (including phenoxy) is 1. The van der Waals surface area contributed by atoms with Crippen molar-refractivity contribution >= 4 is 0 Å². The highest BCUT2D eigenvalue weighted by Gasteiger charge is 2.30. The minimum atomic E-state index is -0.479. The summed E-state index contributed by atoms with van der Waals surface area (Å²) in [6, 6.07) is 9.89. The molecule has 0 aliphatic heterocycles. The lowest BCUT2D eigenvalue weighted by Gasteiger charge is -2.35. The molecule has 1 fully saturated rings. The fraction of sp³-hybridized carbons (Fsp3) is 0.647. The predicted octanol–water partition coefficient (Wildman–Crippen LogP) is 2.99. The van der Waals surface area contributed by atoms with Crippen LogP contribution in [0.15, 0.2) is 30.3 Å². The van der Waals surface area contributed by atoms with Crippen molar-refractivity contribution in [3.05, 3.63) is 30.3 Å². The number of aliphatic hydroxyl groups is 1. The monoisotopic (exact) mass is 277 g/mol. The minimum Gasteiger partial charge on any atom is -0.494 e. The lowest BCUT2D eigenvalue weighted by atomic mass is 9.79. The van der Waals surface area contributed by atoms with E-state index in [2.05, 4.69) is 12.2 Å². The number of para-hydroxylation sites is 1. The molecule has 0 unspecified atom stereocenters. The van der Waals surface area contributed by atoms with Crippen LogP contribution in [0.4, 0.5) is 0 Å². The van der Waals surface area contributed by atoms with Crippen LogP contribution in [0, 0.1) is 5.92 Å². The Labute approximate surface area is 122 Å². The Morgan fingerprint density at radius 1 is 1.25 bits per heavy atom. The first-order valence-electron chi connectivity index (χ1n) is 7.79. The molecule has 2 N–H and O–H groups in total. The summed E-state index contributed by atoms with van der Waals surface area (Å²) in [4.78, 5) is 0. The van der Waals surface area contributed by atoms with E-state index in [0.717, 1.165) is 50.3 Å². The molecule has 3 heteroatoms. The molecule has 1 aliphatic rings. The summed E-state index contributed by atoms with van der Waals surface area (Å²) in [6.45, 7) is 4.59. The van der Waals surface area contributed by atoms with Gasteiger partial charge in [-0.1, -0.05) is 25.1 Å². The summed E-state index contributed by atoms with van der Waals surface area (Å²) in [5, 5.41) is 13.8. The van der Waals surface area contributed by atoms with Gasteiger partial charge in [0.05, 0.1) is 12.2 Å². The molecule has 0 aromatic heterocycles. The lowest BCUT2D eigenvalue weighted by molar-refractivity contribution is -0.00607. The van der Waals surface area contributed by atoms with E-state index in [-0.39, 0.29) is 0 Å². The number of hydrogen-bond donors (Lipinski definition) is 2. The first-order chi connectivity index (χ1) is 9.68. The van der Waals surface area contributed by atoms with Crippen LogP contribution >= 0.6 is 0 Å². The molecule has 1 aliphatic carbocycles. The van der Waals surface area contributed by atoms with Gasteiger partial charge in [-0.25, -0.2) is 0 Å². The average molecular weight is 277 g/mol. The first-order valence-corrected chi connectivity index (χ1v) is 7.79. The van der Waals surface area contributed by atoms with E-state index in [0.29, 0.717) is 13.2 Å². The SMILES string of the molecule is CC1CCC(O)(CNCCCOc2ccccc2)CC1. The van der Waals surface area contributed by atoms with Crippen molar-refractivity contribution in [3.63, 3.8) is 0 Å². The van der Waals surface area contributed by atoms with E-state index in [4.69, 9.17) is 4.74 Å². The minimum absolute atomic E-state index is 0.479. The smallest absolute Gasteiger partial charge is 0.119 e. The third-order valence-electron chi connectivity index (χ3n) is 4.17. The number of rotatable bonds is 7. The molecule has 0 spiro atoms. The Balaban J connectivity index is 1.53. The van der Waals surface area contributed by atoms with Gasteiger partial charge in [-0.3, -0.25) is 0 Å². The normalized spacial score (nSPS) is 26.4. The largest absolute Gasteiger partial charge is 0.494 e. The molecule has 2 rings (SSSR count). The third-order valence-corrected chi connectivity index (χ3v) is 4.17. The summed E-state index contributed by atoms with van der Waals surface area (Å²) in [7, 11) is 0. The van der Waals surface area contributed by atoms with E-state index < -0.39 is 5.60 Å². The molecular formula is C17H27NO2. The van der Waals surface area contributed by atoms with Crippen LogP contribution in [-0.4, -0.2) is 30.4 Å². The predicted molar refractivity (Wildman–Crippen MR) is 82.0 cm³/mol. The molecule has 0 bridgehead atoms. The second-order valence-electron chi connectivity index (χ2n) is 6.10. The molecule has 1 aromatic carbocycles. The highest BCUT2D eigenvalue weighted by Crippen LogP contribution is 2.31. The second kappa shape index (κ2) is 7.65. The van der Waals surface area contributed by atoms with E-state index >= 15 is 0 Å². The van der Waals surface area contributed by atoms with Crippen molar-refractivity contribution < 1.29 is 9.84 Å². The Morgan fingerprint density at radius 2 is 1.95 bits per heavy atom. The standard InChI is InChI=1S/C17H27NO2/c1-15-8-10-17(19,11-9-15)14-18-12-5-13-20-16-6-3-2-4-7-16/h2-4,6-7,15,18-19H,5,8-14H2,1H3. The van der Waals surface area contributed by atoms with Crippen molar-refractivity contribution in [1.82, 2.24) is 5.32 Å². The van der Waals surface area contributed by atoms with Crippen LogP contribution in [0.5, 0.6) is 5.75 Å². The van der Waals surface area contributed by atoms with Crippen LogP contribution in [0.25, 0.3) is 0 Å². The highest BCUT2D eigenvalue weighted by atomic mass is 16.5. The first kappa shape index (κ1) is 15.3. The molecule has 0 saturated heterocycles. The average Bonchev–Trinajstić information content (AvgIpc) is 2.47. The zero-order valence-electron chi connectivity index (χ0n) is 12.5. The molecule has 0 heterocycles. The number of hydrogen-bond acceptors (Lipinski definition) is 3. The topological polar surface area (TPSA) is 41.5 Å². The summed E-state index contributed by atoms with van der Waals surface area (Å²) in [6.07, 6.45) is 5.12. The lowest BCUT2D eigenvalue weighted by Crippen LogP contribution is -2.43. The zero-order valence-corrected chi connectivity index (χ0v) is 12.5. The van der Waals surface area contributed by atoms with Gasteiger partial charge in [-0.15, -0.1) is 0 Å². The van der Waals surface area contributed by atoms with Crippen molar-refractivity contribution in [2.75, 3.05) is 19.7 Å². The van der Waals surface area contributed by atoms with Crippen molar-refractivity contribution in [2.24, 2.45) is 5.92 Å². The zero-order chi connectivity index (χ0) is 14.3. The van der Waals surface area contributed by atoms with E-state index in [1.165, 1.54) is 0 Å². The number of benzene rings is 1. The molecule has 1 saturated carbocycles. The summed E-state index contributed by atoms with van der Waals surface area (Å²) < 4.78 is 5.63. The molecule has 112 valence electrons. The maximum Gasteiger partial charge on any atom is 0.119 e. The summed E-state index contributed by atoms with van der Waals surface area (Å²) in [5.41, 5.74) is -0.479. The molecule has 0 radical (unpaired) electrons. The number of nitrogens with one attached hydrogen (secondary N) is 1. The Hall–Kier alpha value is -1.06. The van der Waals surface area contributed by atoms with E-state index in [1.54, 1.807) is 0 Å². The van der Waals surface area contributed by atoms with Gasteiger partial charge in [0, 0.05) is 6.54 Å². The van der Waals surface area contributed by atoms with E-state index in [9.17, 15) is 5.11 Å². The molecule has 3 nitrogen and oxygen atoms in total. The van der Waals surface area contributed by atoms with Crippen LogP contribution in [0.1, 0.15) is 39.0 Å². The fourth-order valence-electron chi connectivity index (χ4n) is 2.70. The van der Waals surface area contributed by atoms with Crippen LogP contribution < -0.4 is 10.1 Å². The Morgan fingerprint density at radius 3 is 2.65 bits per heavy atom. The van der Waals surface area contributed by atoms with Gasteiger partial charge >= 0.3 is 0 Å². The summed E-state index contributed by atoms with van der Waals surface area (Å²) in [5.74, 6) is 1.70. The maximum atomic E-state index is 10.4. The van der Waals surface area contributed by atoms with Gasteiger partial charge in [0.15, 0.2) is 0 Å². The van der Waals surface area contributed by atoms with Crippen LogP contribution in [0.3, 0.4) is 0 Å². The molecule has 1 aromatic rings. The Kier molecular flexibility index (Phi) is 5.86. The van der Waals surface area contributed by atoms with Gasteiger partial charge in [-0.2, -0.15) is 0 Å².